The highest BCUT2D eigenvalue weighted by molar-refractivity contribution is 5.80. The van der Waals surface area contributed by atoms with Gasteiger partial charge >= 0.3 is 0 Å². The van der Waals surface area contributed by atoms with Crippen molar-refractivity contribution in [3.8, 4) is 5.75 Å². The number of benzene rings is 1. The number of likely N-dealkylation sites (tertiary alicyclic amines) is 1. The zero-order valence-corrected chi connectivity index (χ0v) is 15.7. The van der Waals surface area contributed by atoms with Crippen molar-refractivity contribution in [3.05, 3.63) is 29.8 Å². The minimum atomic E-state index is 0.113. The highest BCUT2D eigenvalue weighted by Crippen LogP contribution is 2.15. The first-order valence-electron chi connectivity index (χ1n) is 9.56. The Kier molecular flexibility index (Phi) is 6.50. The minimum Gasteiger partial charge on any atom is -0.497 e. The number of carbonyl (C=O) groups is 2. The van der Waals surface area contributed by atoms with Gasteiger partial charge in [0.2, 0.25) is 11.8 Å². The molecule has 2 aliphatic heterocycles. The molecule has 2 aliphatic rings. The number of piperazine rings is 1. The van der Waals surface area contributed by atoms with E-state index >= 15 is 0 Å². The average Bonchev–Trinajstić information content (AvgIpc) is 3.20. The van der Waals surface area contributed by atoms with E-state index in [1.165, 1.54) is 12.8 Å². The number of rotatable bonds is 6. The van der Waals surface area contributed by atoms with Gasteiger partial charge in [0, 0.05) is 39.1 Å². The molecule has 26 heavy (non-hydrogen) atoms. The van der Waals surface area contributed by atoms with Gasteiger partial charge in [-0.2, -0.15) is 0 Å². The van der Waals surface area contributed by atoms with Crippen LogP contribution >= 0.6 is 0 Å². The lowest BCUT2D eigenvalue weighted by Gasteiger charge is -2.35. The second-order valence-corrected chi connectivity index (χ2v) is 7.09. The molecule has 3 rings (SSSR count). The van der Waals surface area contributed by atoms with Gasteiger partial charge in [0.25, 0.3) is 0 Å². The van der Waals surface area contributed by atoms with Crippen LogP contribution in [0.4, 0.5) is 0 Å². The number of hydrogen-bond donors (Lipinski definition) is 0. The Morgan fingerprint density at radius 3 is 2.27 bits per heavy atom. The summed E-state index contributed by atoms with van der Waals surface area (Å²) in [4.78, 5) is 31.0. The van der Waals surface area contributed by atoms with Gasteiger partial charge in [0.1, 0.15) is 5.75 Å². The maximum Gasteiger partial charge on any atom is 0.227 e. The summed E-state index contributed by atoms with van der Waals surface area (Å²) in [5.74, 6) is 1.10. The maximum absolute atomic E-state index is 12.5. The molecule has 142 valence electrons. The quantitative estimate of drug-likeness (QED) is 0.770. The third kappa shape index (κ3) is 4.97. The molecular formula is C20H29N3O3. The Morgan fingerprint density at radius 1 is 0.962 bits per heavy atom. The first kappa shape index (κ1) is 18.7. The Labute approximate surface area is 155 Å². The van der Waals surface area contributed by atoms with E-state index in [0.717, 1.165) is 30.9 Å². The zero-order chi connectivity index (χ0) is 18.4. The van der Waals surface area contributed by atoms with E-state index in [1.54, 1.807) is 7.11 Å². The molecule has 0 atom stereocenters. The summed E-state index contributed by atoms with van der Waals surface area (Å²) in [6.45, 7) is 5.65. The number of hydrogen-bond acceptors (Lipinski definition) is 4. The normalized spacial score (nSPS) is 18.2. The predicted octanol–water partition coefficient (Wildman–Crippen LogP) is 1.39. The van der Waals surface area contributed by atoms with Crippen LogP contribution in [0.25, 0.3) is 0 Å². The van der Waals surface area contributed by atoms with Crippen LogP contribution in [0.5, 0.6) is 5.75 Å². The minimum absolute atomic E-state index is 0.113. The summed E-state index contributed by atoms with van der Waals surface area (Å²) in [5.41, 5.74) is 0.957. The van der Waals surface area contributed by atoms with Crippen molar-refractivity contribution in [2.45, 2.75) is 25.7 Å². The van der Waals surface area contributed by atoms with Crippen molar-refractivity contribution >= 4 is 11.8 Å². The van der Waals surface area contributed by atoms with Gasteiger partial charge in [0.05, 0.1) is 13.5 Å². The van der Waals surface area contributed by atoms with Crippen molar-refractivity contribution in [2.75, 3.05) is 52.9 Å². The topological polar surface area (TPSA) is 53.1 Å². The second-order valence-electron chi connectivity index (χ2n) is 7.09. The van der Waals surface area contributed by atoms with Crippen molar-refractivity contribution < 1.29 is 14.3 Å². The average molecular weight is 359 g/mol. The van der Waals surface area contributed by atoms with E-state index in [-0.39, 0.29) is 11.8 Å². The molecule has 0 aromatic heterocycles. The highest BCUT2D eigenvalue weighted by Gasteiger charge is 2.24. The van der Waals surface area contributed by atoms with Gasteiger partial charge in [-0.25, -0.2) is 0 Å². The lowest BCUT2D eigenvalue weighted by atomic mass is 10.1. The summed E-state index contributed by atoms with van der Waals surface area (Å²) in [5, 5.41) is 0. The molecule has 6 heteroatoms. The van der Waals surface area contributed by atoms with Crippen LogP contribution < -0.4 is 4.74 Å². The van der Waals surface area contributed by atoms with Crippen LogP contribution in [0.1, 0.15) is 24.8 Å². The molecule has 2 heterocycles. The first-order valence-corrected chi connectivity index (χ1v) is 9.56. The molecule has 2 fully saturated rings. The van der Waals surface area contributed by atoms with Crippen molar-refractivity contribution in [1.29, 1.82) is 0 Å². The molecule has 0 unspecified atom stereocenters. The van der Waals surface area contributed by atoms with Gasteiger partial charge < -0.3 is 19.4 Å². The predicted molar refractivity (Wildman–Crippen MR) is 100 cm³/mol. The maximum atomic E-state index is 12.5. The summed E-state index contributed by atoms with van der Waals surface area (Å²) < 4.78 is 5.21. The van der Waals surface area contributed by atoms with Crippen molar-refractivity contribution in [2.24, 2.45) is 0 Å². The van der Waals surface area contributed by atoms with E-state index in [9.17, 15) is 9.59 Å². The number of amides is 2. The molecule has 0 saturated carbocycles. The molecule has 6 nitrogen and oxygen atoms in total. The molecule has 0 radical (unpaired) electrons. The summed E-state index contributed by atoms with van der Waals surface area (Å²) in [7, 11) is 1.63. The van der Waals surface area contributed by atoms with Gasteiger partial charge in [-0.05, 0) is 43.6 Å². The van der Waals surface area contributed by atoms with Gasteiger partial charge in [-0.15, -0.1) is 0 Å². The third-order valence-corrected chi connectivity index (χ3v) is 5.32. The molecule has 2 amide bonds. The zero-order valence-electron chi connectivity index (χ0n) is 15.7. The van der Waals surface area contributed by atoms with Gasteiger partial charge in [-0.3, -0.25) is 9.59 Å². The third-order valence-electron chi connectivity index (χ3n) is 5.32. The summed E-state index contributed by atoms with van der Waals surface area (Å²) in [6.07, 6.45) is 3.47. The fourth-order valence-electron chi connectivity index (χ4n) is 3.69. The van der Waals surface area contributed by atoms with Crippen molar-refractivity contribution in [3.63, 3.8) is 0 Å². The lowest BCUT2D eigenvalue weighted by molar-refractivity contribution is -0.139. The SMILES string of the molecule is COc1cccc(CC(=O)N2CCN(C(=O)CCN3CCCC3)CC2)c1. The van der Waals surface area contributed by atoms with Crippen LogP contribution in [-0.4, -0.2) is 79.4 Å². The monoisotopic (exact) mass is 359 g/mol. The Morgan fingerprint density at radius 2 is 1.62 bits per heavy atom. The highest BCUT2D eigenvalue weighted by atomic mass is 16.5. The van der Waals surface area contributed by atoms with E-state index < -0.39 is 0 Å². The second kappa shape index (κ2) is 9.03. The summed E-state index contributed by atoms with van der Waals surface area (Å²) >= 11 is 0. The molecule has 1 aromatic carbocycles. The smallest absolute Gasteiger partial charge is 0.227 e. The lowest BCUT2D eigenvalue weighted by Crippen LogP contribution is -2.51. The van der Waals surface area contributed by atoms with Gasteiger partial charge in [-0.1, -0.05) is 12.1 Å². The number of nitrogens with zero attached hydrogens (tertiary/aromatic N) is 3. The standard InChI is InChI=1S/C20H29N3O3/c1-26-18-6-4-5-17(15-18)16-20(25)23-13-11-22(12-14-23)19(24)7-10-21-8-2-3-9-21/h4-6,15H,2-3,7-14,16H2,1H3. The Balaban J connectivity index is 1.42. The molecular weight excluding hydrogens is 330 g/mol. The Hall–Kier alpha value is -2.08. The Bertz CT molecular complexity index is 620. The largest absolute Gasteiger partial charge is 0.497 e. The van der Waals surface area contributed by atoms with E-state index in [1.807, 2.05) is 34.1 Å². The fraction of sp³-hybridized carbons (Fsp3) is 0.600. The van der Waals surface area contributed by atoms with Crippen LogP contribution in [0.15, 0.2) is 24.3 Å². The molecule has 2 saturated heterocycles. The van der Waals surface area contributed by atoms with Crippen LogP contribution in [-0.2, 0) is 16.0 Å². The van der Waals surface area contributed by atoms with Crippen molar-refractivity contribution in [1.82, 2.24) is 14.7 Å². The van der Waals surface area contributed by atoms with E-state index in [2.05, 4.69) is 4.90 Å². The number of methoxy groups -OCH3 is 1. The van der Waals surface area contributed by atoms with Gasteiger partial charge in [0.15, 0.2) is 0 Å². The van der Waals surface area contributed by atoms with Crippen LogP contribution in [0, 0.1) is 0 Å². The van der Waals surface area contributed by atoms with E-state index in [0.29, 0.717) is 39.0 Å². The van der Waals surface area contributed by atoms with E-state index in [4.69, 9.17) is 4.74 Å². The number of carbonyl (C=O) groups excluding carboxylic acids is 2. The molecule has 0 bridgehead atoms. The van der Waals surface area contributed by atoms with Crippen LogP contribution in [0.2, 0.25) is 0 Å². The molecule has 1 aromatic rings. The molecule has 0 spiro atoms. The first-order chi connectivity index (χ1) is 12.7. The van der Waals surface area contributed by atoms with Crippen LogP contribution in [0.3, 0.4) is 0 Å². The molecule has 0 aliphatic carbocycles. The summed E-state index contributed by atoms with van der Waals surface area (Å²) in [6, 6.07) is 7.62. The molecule has 0 N–H and O–H groups in total. The number of ether oxygens (including phenoxy) is 1. The fourth-order valence-corrected chi connectivity index (χ4v) is 3.69.